The Labute approximate surface area is 54.8 Å². The smallest absolute Gasteiger partial charge is 0.0615 e. The van der Waals surface area contributed by atoms with Crippen LogP contribution in [0.4, 0.5) is 0 Å². The maximum atomic E-state index is 8.38. The highest BCUT2D eigenvalue weighted by molar-refractivity contribution is 7.98. The van der Waals surface area contributed by atoms with Gasteiger partial charge in [-0.3, -0.25) is 0 Å². The van der Waals surface area contributed by atoms with E-state index in [-0.39, 0.29) is 6.61 Å². The van der Waals surface area contributed by atoms with E-state index in [2.05, 4.69) is 6.26 Å². The molecule has 0 rings (SSSR count). The van der Waals surface area contributed by atoms with E-state index >= 15 is 0 Å². The summed E-state index contributed by atoms with van der Waals surface area (Å²) < 4.78 is 0. The van der Waals surface area contributed by atoms with Crippen LogP contribution >= 0.6 is 11.8 Å². The van der Waals surface area contributed by atoms with Crippen LogP contribution in [0.3, 0.4) is 0 Å². The molecule has 0 atom stereocenters. The van der Waals surface area contributed by atoms with Crippen molar-refractivity contribution in [2.45, 2.75) is 6.92 Å². The van der Waals surface area contributed by atoms with Gasteiger partial charge < -0.3 is 5.11 Å². The van der Waals surface area contributed by atoms with Gasteiger partial charge in [-0.2, -0.15) is 11.8 Å². The lowest BCUT2D eigenvalue weighted by Gasteiger charge is -1.92. The molecule has 48 valence electrons. The Morgan fingerprint density at radius 1 is 1.75 bits per heavy atom. The van der Waals surface area contributed by atoms with Crippen molar-refractivity contribution >= 4 is 11.8 Å². The number of aliphatic hydroxyl groups excluding tert-OH is 1. The van der Waals surface area contributed by atoms with Crippen molar-refractivity contribution in [3.8, 4) is 0 Å². The summed E-state index contributed by atoms with van der Waals surface area (Å²) in [5, 5.41) is 8.38. The molecule has 0 bridgehead atoms. The first-order valence-electron chi connectivity index (χ1n) is 2.56. The van der Waals surface area contributed by atoms with Crippen LogP contribution in [0, 0.1) is 0 Å². The summed E-state index contributed by atoms with van der Waals surface area (Å²) in [6.45, 7) is 2.19. The second-order valence-electron chi connectivity index (χ2n) is 1.67. The predicted octanol–water partition coefficient (Wildman–Crippen LogP) is 1.29. The number of hydrogen-bond acceptors (Lipinski definition) is 2. The van der Waals surface area contributed by atoms with Gasteiger partial charge in [0.2, 0.25) is 0 Å². The Balaban J connectivity index is 3.29. The summed E-state index contributed by atoms with van der Waals surface area (Å²) in [5.41, 5.74) is 1.25. The van der Waals surface area contributed by atoms with Gasteiger partial charge in [-0.1, -0.05) is 11.6 Å². The summed E-state index contributed by atoms with van der Waals surface area (Å²) in [5.74, 6) is 1.03. The molecule has 0 aromatic heterocycles. The minimum Gasteiger partial charge on any atom is -0.392 e. The molecule has 0 saturated heterocycles. The second kappa shape index (κ2) is 5.19. The van der Waals surface area contributed by atoms with Crippen LogP contribution in [0.5, 0.6) is 0 Å². The van der Waals surface area contributed by atoms with E-state index < -0.39 is 0 Å². The SMILES string of the molecule is CSCC(C)=CCO. The van der Waals surface area contributed by atoms with Gasteiger partial charge >= 0.3 is 0 Å². The van der Waals surface area contributed by atoms with Crippen molar-refractivity contribution in [3.63, 3.8) is 0 Å². The van der Waals surface area contributed by atoms with E-state index in [1.165, 1.54) is 5.57 Å². The fourth-order valence-electron chi connectivity index (χ4n) is 0.442. The molecule has 2 heteroatoms. The van der Waals surface area contributed by atoms with E-state index in [0.29, 0.717) is 0 Å². The molecule has 0 heterocycles. The molecule has 0 amide bonds. The predicted molar refractivity (Wildman–Crippen MR) is 39.2 cm³/mol. The molecule has 0 unspecified atom stereocenters. The molecule has 0 aromatic rings. The van der Waals surface area contributed by atoms with Gasteiger partial charge in [0.05, 0.1) is 6.61 Å². The first-order chi connectivity index (χ1) is 3.81. The normalized spacial score (nSPS) is 12.1. The number of aliphatic hydroxyl groups is 1. The van der Waals surface area contributed by atoms with Gasteiger partial charge in [-0.25, -0.2) is 0 Å². The Kier molecular flexibility index (Phi) is 5.22. The zero-order chi connectivity index (χ0) is 6.41. The molecular formula is C6H12OS. The van der Waals surface area contributed by atoms with Gasteiger partial charge in [-0.05, 0) is 13.2 Å². The summed E-state index contributed by atoms with van der Waals surface area (Å²) in [6.07, 6.45) is 3.88. The molecule has 0 radical (unpaired) electrons. The van der Waals surface area contributed by atoms with Gasteiger partial charge in [0.25, 0.3) is 0 Å². The molecule has 0 aliphatic carbocycles. The molecular weight excluding hydrogens is 120 g/mol. The lowest BCUT2D eigenvalue weighted by Crippen LogP contribution is -1.82. The lowest BCUT2D eigenvalue weighted by molar-refractivity contribution is 0.342. The second-order valence-corrected chi connectivity index (χ2v) is 2.53. The average molecular weight is 132 g/mol. The third-order valence-electron chi connectivity index (χ3n) is 0.812. The summed E-state index contributed by atoms with van der Waals surface area (Å²) in [4.78, 5) is 0. The van der Waals surface area contributed by atoms with Gasteiger partial charge in [0.15, 0.2) is 0 Å². The molecule has 8 heavy (non-hydrogen) atoms. The van der Waals surface area contributed by atoms with E-state index in [1.807, 2.05) is 13.0 Å². The van der Waals surface area contributed by atoms with E-state index in [9.17, 15) is 0 Å². The lowest BCUT2D eigenvalue weighted by atomic mass is 10.3. The molecule has 0 saturated carbocycles. The minimum atomic E-state index is 0.173. The average Bonchev–Trinajstić information content (AvgIpc) is 1.68. The molecule has 0 aromatic carbocycles. The molecule has 0 fully saturated rings. The van der Waals surface area contributed by atoms with Gasteiger partial charge in [-0.15, -0.1) is 0 Å². The number of hydrogen-bond donors (Lipinski definition) is 1. The fourth-order valence-corrected chi connectivity index (χ4v) is 1.02. The zero-order valence-electron chi connectivity index (χ0n) is 5.35. The van der Waals surface area contributed by atoms with E-state index in [0.717, 1.165) is 5.75 Å². The van der Waals surface area contributed by atoms with Crippen LogP contribution in [0.15, 0.2) is 11.6 Å². The number of thioether (sulfide) groups is 1. The van der Waals surface area contributed by atoms with Crippen molar-refractivity contribution in [2.24, 2.45) is 0 Å². The van der Waals surface area contributed by atoms with Crippen LogP contribution in [0.2, 0.25) is 0 Å². The van der Waals surface area contributed by atoms with Crippen LogP contribution in [0.1, 0.15) is 6.92 Å². The van der Waals surface area contributed by atoms with Crippen molar-refractivity contribution in [2.75, 3.05) is 18.6 Å². The highest BCUT2D eigenvalue weighted by atomic mass is 32.2. The number of rotatable bonds is 3. The standard InChI is InChI=1S/C6H12OS/c1-6(3-4-7)5-8-2/h3,7H,4-5H2,1-2H3. The van der Waals surface area contributed by atoms with E-state index in [4.69, 9.17) is 5.11 Å². The first-order valence-corrected chi connectivity index (χ1v) is 3.96. The van der Waals surface area contributed by atoms with Crippen molar-refractivity contribution in [1.82, 2.24) is 0 Å². The van der Waals surface area contributed by atoms with Crippen LogP contribution in [-0.2, 0) is 0 Å². The Hall–Kier alpha value is 0.0500. The Morgan fingerprint density at radius 3 is 2.75 bits per heavy atom. The summed E-state index contributed by atoms with van der Waals surface area (Å²) in [6, 6.07) is 0. The Bertz CT molecular complexity index is 78.6. The van der Waals surface area contributed by atoms with Crippen molar-refractivity contribution < 1.29 is 5.11 Å². The Morgan fingerprint density at radius 2 is 2.38 bits per heavy atom. The quantitative estimate of drug-likeness (QED) is 0.584. The van der Waals surface area contributed by atoms with Crippen LogP contribution < -0.4 is 0 Å². The molecule has 0 spiro atoms. The topological polar surface area (TPSA) is 20.2 Å². The first kappa shape index (κ1) is 8.05. The highest BCUT2D eigenvalue weighted by Crippen LogP contribution is 2.00. The summed E-state index contributed by atoms with van der Waals surface area (Å²) >= 11 is 1.77. The zero-order valence-corrected chi connectivity index (χ0v) is 6.16. The molecule has 1 nitrogen and oxygen atoms in total. The van der Waals surface area contributed by atoms with Crippen molar-refractivity contribution in [1.29, 1.82) is 0 Å². The molecule has 0 aliphatic rings. The summed E-state index contributed by atoms with van der Waals surface area (Å²) in [7, 11) is 0. The van der Waals surface area contributed by atoms with Crippen molar-refractivity contribution in [3.05, 3.63) is 11.6 Å². The van der Waals surface area contributed by atoms with Crippen LogP contribution in [-0.4, -0.2) is 23.7 Å². The highest BCUT2D eigenvalue weighted by Gasteiger charge is 1.82. The largest absolute Gasteiger partial charge is 0.392 e. The van der Waals surface area contributed by atoms with Gasteiger partial charge in [0.1, 0.15) is 0 Å². The third-order valence-corrected chi connectivity index (χ3v) is 1.56. The van der Waals surface area contributed by atoms with E-state index in [1.54, 1.807) is 11.8 Å². The van der Waals surface area contributed by atoms with Gasteiger partial charge in [0, 0.05) is 5.75 Å². The fraction of sp³-hybridized carbons (Fsp3) is 0.667. The minimum absolute atomic E-state index is 0.173. The molecule has 0 aliphatic heterocycles. The monoisotopic (exact) mass is 132 g/mol. The molecule has 1 N–H and O–H groups in total. The maximum Gasteiger partial charge on any atom is 0.0615 e. The van der Waals surface area contributed by atoms with Crippen LogP contribution in [0.25, 0.3) is 0 Å². The maximum absolute atomic E-state index is 8.38. The third kappa shape index (κ3) is 4.22.